The van der Waals surface area contributed by atoms with Crippen molar-refractivity contribution in [3.05, 3.63) is 58.1 Å². The minimum Gasteiger partial charge on any atom is -0.302 e. The van der Waals surface area contributed by atoms with Gasteiger partial charge < -0.3 is 5.32 Å². The van der Waals surface area contributed by atoms with Gasteiger partial charge in [-0.05, 0) is 44.2 Å². The molecule has 4 rings (SSSR count). The van der Waals surface area contributed by atoms with Gasteiger partial charge in [-0.15, -0.1) is 23.1 Å². The van der Waals surface area contributed by atoms with Gasteiger partial charge in [-0.1, -0.05) is 29.8 Å². The van der Waals surface area contributed by atoms with Gasteiger partial charge in [0.05, 0.1) is 11.3 Å². The number of pyridine rings is 1. The number of nitrogens with zero attached hydrogens (tertiary/aromatic N) is 3. The Morgan fingerprint density at radius 2 is 2.03 bits per heavy atom. The zero-order chi connectivity index (χ0) is 20.9. The summed E-state index contributed by atoms with van der Waals surface area (Å²) in [5, 5.41) is 15.6. The molecule has 30 heavy (non-hydrogen) atoms. The Bertz CT molecular complexity index is 1100. The second-order valence-corrected chi connectivity index (χ2v) is 9.26. The molecule has 5 nitrogen and oxygen atoms in total. The number of benzene rings is 1. The molecule has 0 radical (unpaired) electrons. The quantitative estimate of drug-likeness (QED) is 0.527. The monoisotopic (exact) mass is 434 g/mol. The zero-order valence-corrected chi connectivity index (χ0v) is 18.4. The van der Waals surface area contributed by atoms with Crippen molar-refractivity contribution in [1.82, 2.24) is 9.97 Å². The molecule has 152 valence electrons. The highest BCUT2D eigenvalue weighted by atomic mass is 32.2. The maximum atomic E-state index is 12.3. The van der Waals surface area contributed by atoms with Crippen LogP contribution in [0, 0.1) is 18.3 Å². The van der Waals surface area contributed by atoms with Crippen LogP contribution in [0.5, 0.6) is 0 Å². The van der Waals surface area contributed by atoms with Crippen molar-refractivity contribution < 1.29 is 4.79 Å². The molecule has 0 bridgehead atoms. The van der Waals surface area contributed by atoms with Crippen molar-refractivity contribution in [2.75, 3.05) is 11.1 Å². The number of hydrogen-bond donors (Lipinski definition) is 1. The molecule has 1 aliphatic rings. The molecule has 0 aliphatic heterocycles. The van der Waals surface area contributed by atoms with E-state index in [4.69, 9.17) is 4.98 Å². The Labute approximate surface area is 184 Å². The van der Waals surface area contributed by atoms with Gasteiger partial charge in [-0.25, -0.2) is 9.97 Å². The minimum absolute atomic E-state index is 0.0798. The molecule has 0 unspecified atom stereocenters. The van der Waals surface area contributed by atoms with Crippen molar-refractivity contribution >= 4 is 34.1 Å². The van der Waals surface area contributed by atoms with Crippen LogP contribution in [-0.2, 0) is 17.6 Å². The average Bonchev–Trinajstić information content (AvgIpc) is 3.22. The minimum atomic E-state index is -0.0798. The molecule has 2 heterocycles. The fourth-order valence-electron chi connectivity index (χ4n) is 3.42. The molecule has 7 heteroatoms. The SMILES string of the molecule is Cc1ccc(-c2csc(NC(=O)CCSc3nc4c(cc3C#N)CCCC4)n2)cc1. The van der Waals surface area contributed by atoms with Crippen LogP contribution >= 0.6 is 23.1 Å². The lowest BCUT2D eigenvalue weighted by Crippen LogP contribution is -2.12. The van der Waals surface area contributed by atoms with Crippen molar-refractivity contribution in [2.24, 2.45) is 0 Å². The number of aromatic nitrogens is 2. The second kappa shape index (κ2) is 9.41. The maximum absolute atomic E-state index is 12.3. The highest BCUT2D eigenvalue weighted by Crippen LogP contribution is 2.28. The van der Waals surface area contributed by atoms with E-state index in [0.29, 0.717) is 22.9 Å². The number of hydrogen-bond acceptors (Lipinski definition) is 6. The van der Waals surface area contributed by atoms with Crippen LogP contribution in [0.4, 0.5) is 5.13 Å². The highest BCUT2D eigenvalue weighted by Gasteiger charge is 2.16. The largest absolute Gasteiger partial charge is 0.302 e. The van der Waals surface area contributed by atoms with Crippen LogP contribution in [0.1, 0.15) is 41.6 Å². The summed E-state index contributed by atoms with van der Waals surface area (Å²) >= 11 is 2.90. The molecule has 1 amide bonds. The van der Waals surface area contributed by atoms with Crippen LogP contribution in [0.3, 0.4) is 0 Å². The third-order valence-corrected chi connectivity index (χ3v) is 6.80. The molecule has 3 aromatic rings. The Balaban J connectivity index is 1.33. The van der Waals surface area contributed by atoms with Gasteiger partial charge in [-0.3, -0.25) is 4.79 Å². The average molecular weight is 435 g/mol. The van der Waals surface area contributed by atoms with E-state index in [1.807, 2.05) is 30.5 Å². The first-order valence-corrected chi connectivity index (χ1v) is 11.9. The summed E-state index contributed by atoms with van der Waals surface area (Å²) in [6.45, 7) is 2.05. The maximum Gasteiger partial charge on any atom is 0.226 e. The standard InChI is InChI=1S/C23H22N4OS2/c1-15-6-8-16(9-7-15)20-14-30-23(26-20)27-21(28)10-11-29-22-18(13-24)12-17-4-2-3-5-19(17)25-22/h6-9,12,14H,2-5,10-11H2,1H3,(H,26,27,28). The molecule has 1 aliphatic carbocycles. The summed E-state index contributed by atoms with van der Waals surface area (Å²) in [6.07, 6.45) is 4.63. The lowest BCUT2D eigenvalue weighted by atomic mass is 9.95. The molecule has 0 spiro atoms. The van der Waals surface area contributed by atoms with E-state index >= 15 is 0 Å². The number of nitrogens with one attached hydrogen (secondary N) is 1. The predicted molar refractivity (Wildman–Crippen MR) is 122 cm³/mol. The van der Waals surface area contributed by atoms with Crippen LogP contribution < -0.4 is 5.32 Å². The Morgan fingerprint density at radius 3 is 2.83 bits per heavy atom. The van der Waals surface area contributed by atoms with Crippen LogP contribution in [0.25, 0.3) is 11.3 Å². The van der Waals surface area contributed by atoms with Crippen LogP contribution in [0.15, 0.2) is 40.7 Å². The molecule has 2 aromatic heterocycles. The number of anilines is 1. The predicted octanol–water partition coefficient (Wildman–Crippen LogP) is 5.38. The zero-order valence-electron chi connectivity index (χ0n) is 16.8. The number of fused-ring (bicyclic) bond motifs is 1. The first-order chi connectivity index (χ1) is 14.6. The fourth-order valence-corrected chi connectivity index (χ4v) is 5.07. The van der Waals surface area contributed by atoms with E-state index in [1.165, 1.54) is 34.2 Å². The highest BCUT2D eigenvalue weighted by molar-refractivity contribution is 7.99. The van der Waals surface area contributed by atoms with Gasteiger partial charge in [0.2, 0.25) is 5.91 Å². The third kappa shape index (κ3) is 4.89. The van der Waals surface area contributed by atoms with E-state index in [9.17, 15) is 10.1 Å². The summed E-state index contributed by atoms with van der Waals surface area (Å²) < 4.78 is 0. The number of carbonyl (C=O) groups excluding carboxylic acids is 1. The molecule has 0 saturated carbocycles. The fraction of sp³-hybridized carbons (Fsp3) is 0.304. The summed E-state index contributed by atoms with van der Waals surface area (Å²) in [5.74, 6) is 0.492. The Morgan fingerprint density at radius 1 is 1.23 bits per heavy atom. The molecule has 1 N–H and O–H groups in total. The summed E-state index contributed by atoms with van der Waals surface area (Å²) in [4.78, 5) is 21.6. The number of aryl methyl sites for hydroxylation is 3. The second-order valence-electron chi connectivity index (χ2n) is 7.32. The van der Waals surface area contributed by atoms with Crippen molar-refractivity contribution in [2.45, 2.75) is 44.1 Å². The van der Waals surface area contributed by atoms with Crippen molar-refractivity contribution in [3.8, 4) is 17.3 Å². The van der Waals surface area contributed by atoms with Crippen LogP contribution in [-0.4, -0.2) is 21.6 Å². The molecular formula is C23H22N4OS2. The van der Waals surface area contributed by atoms with Crippen molar-refractivity contribution in [3.63, 3.8) is 0 Å². The molecule has 0 fully saturated rings. The first kappa shape index (κ1) is 20.6. The van der Waals surface area contributed by atoms with Crippen LogP contribution in [0.2, 0.25) is 0 Å². The number of rotatable bonds is 6. The topological polar surface area (TPSA) is 78.7 Å². The number of carbonyl (C=O) groups is 1. The molecule has 1 aromatic carbocycles. The van der Waals surface area contributed by atoms with Crippen molar-refractivity contribution in [1.29, 1.82) is 5.26 Å². The lowest BCUT2D eigenvalue weighted by molar-refractivity contribution is -0.115. The van der Waals surface area contributed by atoms with E-state index in [1.54, 1.807) is 0 Å². The number of amides is 1. The summed E-state index contributed by atoms with van der Waals surface area (Å²) in [5.41, 5.74) is 6.03. The summed E-state index contributed by atoms with van der Waals surface area (Å²) in [7, 11) is 0. The van der Waals surface area contributed by atoms with E-state index in [-0.39, 0.29) is 5.91 Å². The Kier molecular flexibility index (Phi) is 6.46. The molecule has 0 saturated heterocycles. The van der Waals surface area contributed by atoms with E-state index < -0.39 is 0 Å². The van der Waals surface area contributed by atoms with Gasteiger partial charge in [0, 0.05) is 28.8 Å². The van der Waals surface area contributed by atoms with E-state index in [2.05, 4.69) is 28.5 Å². The number of thioether (sulfide) groups is 1. The Hall–Kier alpha value is -2.69. The first-order valence-electron chi connectivity index (χ1n) is 10.0. The normalized spacial score (nSPS) is 12.8. The molecule has 0 atom stereocenters. The van der Waals surface area contributed by atoms with Gasteiger partial charge >= 0.3 is 0 Å². The lowest BCUT2D eigenvalue weighted by Gasteiger charge is -2.16. The van der Waals surface area contributed by atoms with Gasteiger partial charge in [0.15, 0.2) is 5.13 Å². The third-order valence-electron chi connectivity index (χ3n) is 5.05. The summed E-state index contributed by atoms with van der Waals surface area (Å²) in [6, 6.07) is 12.4. The van der Waals surface area contributed by atoms with E-state index in [0.717, 1.165) is 47.7 Å². The van der Waals surface area contributed by atoms with Gasteiger partial charge in [-0.2, -0.15) is 5.26 Å². The number of nitriles is 1. The smallest absolute Gasteiger partial charge is 0.226 e. The van der Waals surface area contributed by atoms with Gasteiger partial charge in [0.1, 0.15) is 11.1 Å². The van der Waals surface area contributed by atoms with Gasteiger partial charge in [0.25, 0.3) is 0 Å². The number of thiazole rings is 1. The molecular weight excluding hydrogens is 412 g/mol.